The number of hydrogen-bond donors (Lipinski definition) is 0. The van der Waals surface area contributed by atoms with Gasteiger partial charge in [-0.1, -0.05) is 30.0 Å². The lowest BCUT2D eigenvalue weighted by Gasteiger charge is -1.99. The molecular weight excluding hydrogens is 251 g/mol. The monoisotopic (exact) mass is 266 g/mol. The molecule has 0 spiro atoms. The topological polar surface area (TPSA) is 26.3 Å². The highest BCUT2D eigenvalue weighted by Gasteiger charge is 2.01. The fourth-order valence-electron chi connectivity index (χ4n) is 1.22. The van der Waals surface area contributed by atoms with Gasteiger partial charge >= 0.3 is 5.97 Å². The number of allylic oxidation sites excluding steroid dienone is 2. The van der Waals surface area contributed by atoms with Crippen LogP contribution in [0.2, 0.25) is 0 Å². The van der Waals surface area contributed by atoms with Crippen molar-refractivity contribution in [2.24, 2.45) is 0 Å². The molecule has 0 N–H and O–H groups in total. The van der Waals surface area contributed by atoms with E-state index in [-0.39, 0.29) is 5.16 Å². The Bertz CT molecular complexity index is 452. The second kappa shape index (κ2) is 7.71. The SMILES string of the molecule is CCOC(=O)/C=C(C)/C=C(\F)Sc1ccccc1. The first-order valence-corrected chi connectivity index (χ1v) is 6.38. The third-order valence-corrected chi connectivity index (χ3v) is 2.75. The number of esters is 1. The Morgan fingerprint density at radius 3 is 2.61 bits per heavy atom. The molecule has 96 valence electrons. The van der Waals surface area contributed by atoms with Crippen molar-refractivity contribution >= 4 is 17.7 Å². The van der Waals surface area contributed by atoms with E-state index in [9.17, 15) is 9.18 Å². The van der Waals surface area contributed by atoms with E-state index < -0.39 is 5.97 Å². The minimum atomic E-state index is -0.455. The number of carbonyl (C=O) groups excluding carboxylic acids is 1. The molecule has 1 aromatic rings. The molecule has 18 heavy (non-hydrogen) atoms. The summed E-state index contributed by atoms with van der Waals surface area (Å²) in [5, 5.41) is -0.362. The number of rotatable bonds is 5. The summed E-state index contributed by atoms with van der Waals surface area (Å²) in [5.74, 6) is -0.455. The lowest BCUT2D eigenvalue weighted by Crippen LogP contribution is -1.99. The highest BCUT2D eigenvalue weighted by Crippen LogP contribution is 2.27. The molecule has 0 aliphatic heterocycles. The summed E-state index contributed by atoms with van der Waals surface area (Å²) < 4.78 is 18.3. The molecule has 1 aromatic carbocycles. The van der Waals surface area contributed by atoms with Crippen LogP contribution in [0.3, 0.4) is 0 Å². The van der Waals surface area contributed by atoms with E-state index in [4.69, 9.17) is 4.74 Å². The number of benzene rings is 1. The Balaban J connectivity index is 2.63. The zero-order chi connectivity index (χ0) is 13.4. The van der Waals surface area contributed by atoms with Gasteiger partial charge in [-0.25, -0.2) is 4.79 Å². The Morgan fingerprint density at radius 2 is 2.00 bits per heavy atom. The van der Waals surface area contributed by atoms with Crippen LogP contribution in [0.5, 0.6) is 0 Å². The molecule has 0 unspecified atom stereocenters. The number of halogens is 1. The molecular formula is C14H15FO2S. The Kier molecular flexibility index (Phi) is 6.22. The molecule has 0 aromatic heterocycles. The molecule has 0 saturated heterocycles. The Morgan fingerprint density at radius 1 is 1.33 bits per heavy atom. The fraction of sp³-hybridized carbons (Fsp3) is 0.214. The first-order chi connectivity index (χ1) is 8.61. The maximum atomic E-state index is 13.6. The Hall–Kier alpha value is -1.55. The van der Waals surface area contributed by atoms with Crippen molar-refractivity contribution in [3.8, 4) is 0 Å². The van der Waals surface area contributed by atoms with Gasteiger partial charge in [-0.2, -0.15) is 4.39 Å². The van der Waals surface area contributed by atoms with Gasteiger partial charge in [0, 0.05) is 11.0 Å². The van der Waals surface area contributed by atoms with Crippen molar-refractivity contribution in [2.45, 2.75) is 18.7 Å². The third kappa shape index (κ3) is 5.68. The van der Waals surface area contributed by atoms with E-state index in [0.29, 0.717) is 12.2 Å². The highest BCUT2D eigenvalue weighted by molar-refractivity contribution is 8.02. The second-order valence-corrected chi connectivity index (χ2v) is 4.57. The summed E-state index contributed by atoms with van der Waals surface area (Å²) in [7, 11) is 0. The van der Waals surface area contributed by atoms with E-state index >= 15 is 0 Å². The van der Waals surface area contributed by atoms with Gasteiger partial charge in [-0.05, 0) is 37.6 Å². The molecule has 0 aliphatic rings. The van der Waals surface area contributed by atoms with E-state index in [1.807, 2.05) is 30.3 Å². The van der Waals surface area contributed by atoms with Crippen molar-refractivity contribution < 1.29 is 13.9 Å². The molecule has 1 rings (SSSR count). The zero-order valence-electron chi connectivity index (χ0n) is 10.4. The van der Waals surface area contributed by atoms with Gasteiger partial charge in [-0.3, -0.25) is 0 Å². The van der Waals surface area contributed by atoms with E-state index in [1.165, 1.54) is 12.2 Å². The van der Waals surface area contributed by atoms with Crippen LogP contribution in [0.25, 0.3) is 0 Å². The molecule has 0 amide bonds. The normalized spacial score (nSPS) is 12.4. The molecule has 2 nitrogen and oxygen atoms in total. The fourth-order valence-corrected chi connectivity index (χ4v) is 1.98. The van der Waals surface area contributed by atoms with Gasteiger partial charge in [0.1, 0.15) is 0 Å². The largest absolute Gasteiger partial charge is 0.463 e. The lowest BCUT2D eigenvalue weighted by atomic mass is 10.3. The zero-order valence-corrected chi connectivity index (χ0v) is 11.2. The summed E-state index contributed by atoms with van der Waals surface area (Å²) in [6, 6.07) is 9.20. The predicted molar refractivity (Wildman–Crippen MR) is 71.9 cm³/mol. The maximum Gasteiger partial charge on any atom is 0.331 e. The minimum Gasteiger partial charge on any atom is -0.463 e. The van der Waals surface area contributed by atoms with Crippen LogP contribution in [-0.4, -0.2) is 12.6 Å². The van der Waals surface area contributed by atoms with E-state index in [1.54, 1.807) is 13.8 Å². The first-order valence-electron chi connectivity index (χ1n) is 5.57. The molecule has 0 saturated carbocycles. The maximum absolute atomic E-state index is 13.6. The number of thioether (sulfide) groups is 1. The molecule has 0 heterocycles. The molecule has 0 aliphatic carbocycles. The quantitative estimate of drug-likeness (QED) is 0.347. The molecule has 0 radical (unpaired) electrons. The van der Waals surface area contributed by atoms with Crippen LogP contribution < -0.4 is 0 Å². The summed E-state index contributed by atoms with van der Waals surface area (Å²) in [5.41, 5.74) is 0.523. The molecule has 4 heteroatoms. The van der Waals surface area contributed by atoms with Crippen molar-refractivity contribution in [2.75, 3.05) is 6.61 Å². The van der Waals surface area contributed by atoms with Crippen LogP contribution in [0.4, 0.5) is 4.39 Å². The summed E-state index contributed by atoms with van der Waals surface area (Å²) in [6.07, 6.45) is 2.59. The van der Waals surface area contributed by atoms with Crippen LogP contribution in [0.15, 0.2) is 58.1 Å². The van der Waals surface area contributed by atoms with Crippen LogP contribution in [0.1, 0.15) is 13.8 Å². The summed E-state index contributed by atoms with van der Waals surface area (Å²) in [6.45, 7) is 3.69. The molecule has 0 bridgehead atoms. The molecule has 0 atom stereocenters. The van der Waals surface area contributed by atoms with Crippen LogP contribution in [0, 0.1) is 0 Å². The summed E-state index contributed by atoms with van der Waals surface area (Å²) >= 11 is 1.01. The average molecular weight is 266 g/mol. The van der Waals surface area contributed by atoms with Crippen molar-refractivity contribution in [1.29, 1.82) is 0 Å². The standard InChI is InChI=1S/C14H15FO2S/c1-3-17-14(16)10-11(2)9-13(15)18-12-7-5-4-6-8-12/h4-10H,3H2,1-2H3/b11-10+,13-9+. The van der Waals surface area contributed by atoms with Gasteiger partial charge in [0.05, 0.1) is 6.61 Å². The predicted octanol–water partition coefficient (Wildman–Crippen LogP) is 4.10. The first kappa shape index (κ1) is 14.5. The van der Waals surface area contributed by atoms with Crippen molar-refractivity contribution in [3.05, 3.63) is 53.2 Å². The van der Waals surface area contributed by atoms with E-state index in [2.05, 4.69) is 0 Å². The van der Waals surface area contributed by atoms with Gasteiger partial charge in [0.2, 0.25) is 0 Å². The smallest absolute Gasteiger partial charge is 0.331 e. The summed E-state index contributed by atoms with van der Waals surface area (Å²) in [4.78, 5) is 12.0. The molecule has 0 fully saturated rings. The van der Waals surface area contributed by atoms with Crippen LogP contribution >= 0.6 is 11.8 Å². The number of hydrogen-bond acceptors (Lipinski definition) is 3. The highest BCUT2D eigenvalue weighted by atomic mass is 32.2. The average Bonchev–Trinajstić information content (AvgIpc) is 2.29. The van der Waals surface area contributed by atoms with Crippen molar-refractivity contribution in [3.63, 3.8) is 0 Å². The third-order valence-electron chi connectivity index (χ3n) is 1.93. The van der Waals surface area contributed by atoms with Gasteiger partial charge < -0.3 is 4.74 Å². The Labute approximate surface area is 111 Å². The van der Waals surface area contributed by atoms with Crippen molar-refractivity contribution in [1.82, 2.24) is 0 Å². The van der Waals surface area contributed by atoms with E-state index in [0.717, 1.165) is 16.7 Å². The lowest BCUT2D eigenvalue weighted by molar-refractivity contribution is -0.137. The van der Waals surface area contributed by atoms with Gasteiger partial charge in [-0.15, -0.1) is 0 Å². The number of carbonyl (C=O) groups is 1. The minimum absolute atomic E-state index is 0.313. The second-order valence-electron chi connectivity index (χ2n) is 3.50. The van der Waals surface area contributed by atoms with Gasteiger partial charge in [0.15, 0.2) is 5.16 Å². The number of ether oxygens (including phenoxy) is 1. The van der Waals surface area contributed by atoms with Gasteiger partial charge in [0.25, 0.3) is 0 Å². The van der Waals surface area contributed by atoms with Crippen LogP contribution in [-0.2, 0) is 9.53 Å².